The Hall–Kier alpha value is -3.72. The number of nitrogens with zero attached hydrogens (tertiary/aromatic N) is 4. The van der Waals surface area contributed by atoms with Gasteiger partial charge in [0, 0.05) is 43.9 Å². The van der Waals surface area contributed by atoms with E-state index in [1.165, 1.54) is 6.33 Å². The maximum absolute atomic E-state index is 12.8. The summed E-state index contributed by atoms with van der Waals surface area (Å²) in [6, 6.07) is 15.7. The number of aromatic nitrogens is 3. The van der Waals surface area contributed by atoms with Crippen molar-refractivity contribution in [2.75, 3.05) is 26.2 Å². The summed E-state index contributed by atoms with van der Waals surface area (Å²) in [5, 5.41) is 10.1. The van der Waals surface area contributed by atoms with Gasteiger partial charge in [0.25, 0.3) is 5.91 Å². The zero-order valence-corrected chi connectivity index (χ0v) is 20.6. The third-order valence-electron chi connectivity index (χ3n) is 6.06. The summed E-state index contributed by atoms with van der Waals surface area (Å²) in [6.07, 6.45) is 6.69. The van der Waals surface area contributed by atoms with E-state index in [2.05, 4.69) is 37.7 Å². The molecule has 9 heteroatoms. The minimum absolute atomic E-state index is 0.0227. The van der Waals surface area contributed by atoms with Crippen molar-refractivity contribution >= 4 is 11.8 Å². The van der Waals surface area contributed by atoms with Crippen molar-refractivity contribution in [3.05, 3.63) is 77.9 Å². The average Bonchev–Trinajstić information content (AvgIpc) is 3.40. The van der Waals surface area contributed by atoms with Crippen molar-refractivity contribution in [1.29, 1.82) is 0 Å². The average molecular weight is 491 g/mol. The van der Waals surface area contributed by atoms with E-state index in [9.17, 15) is 9.59 Å². The normalized spacial score (nSPS) is 15.4. The second-order valence-electron chi connectivity index (χ2n) is 8.98. The molecule has 0 spiro atoms. The van der Waals surface area contributed by atoms with Crippen molar-refractivity contribution in [3.63, 3.8) is 0 Å². The van der Waals surface area contributed by atoms with E-state index in [0.29, 0.717) is 57.2 Å². The van der Waals surface area contributed by atoms with E-state index in [4.69, 9.17) is 4.74 Å². The molecule has 0 saturated heterocycles. The Morgan fingerprint density at radius 2 is 1.97 bits per heavy atom. The lowest BCUT2D eigenvalue weighted by Crippen LogP contribution is -2.37. The van der Waals surface area contributed by atoms with Crippen molar-refractivity contribution in [1.82, 2.24) is 30.3 Å². The molecule has 2 N–H and O–H groups in total. The summed E-state index contributed by atoms with van der Waals surface area (Å²) >= 11 is 0. The number of ether oxygens (including phenoxy) is 1. The number of nitrogens with one attached hydrogen (secondary N) is 2. The molecule has 3 aromatic rings. The minimum Gasteiger partial charge on any atom is -0.493 e. The maximum atomic E-state index is 12.8. The van der Waals surface area contributed by atoms with Crippen LogP contribution in [0.5, 0.6) is 5.75 Å². The SMILES string of the molecule is O=C1CN(Cc2ccccc2)Cc2ccc(C(=O)NCCCn3cncn3)cc2OCCCCCN1. The van der Waals surface area contributed by atoms with Crippen LogP contribution in [0.2, 0.25) is 0 Å². The van der Waals surface area contributed by atoms with Crippen LogP contribution in [0.1, 0.15) is 47.2 Å². The Balaban J connectivity index is 1.46. The Kier molecular flexibility index (Phi) is 9.44. The molecule has 1 aliphatic heterocycles. The molecular formula is C27H34N6O3. The molecule has 190 valence electrons. The van der Waals surface area contributed by atoms with Crippen molar-refractivity contribution < 1.29 is 14.3 Å². The van der Waals surface area contributed by atoms with E-state index in [1.807, 2.05) is 36.4 Å². The molecular weight excluding hydrogens is 456 g/mol. The van der Waals surface area contributed by atoms with Crippen LogP contribution in [-0.2, 0) is 24.4 Å². The predicted molar refractivity (Wildman–Crippen MR) is 136 cm³/mol. The van der Waals surface area contributed by atoms with Gasteiger partial charge in [0.2, 0.25) is 5.91 Å². The van der Waals surface area contributed by atoms with Gasteiger partial charge in [-0.25, -0.2) is 4.98 Å². The number of benzene rings is 2. The highest BCUT2D eigenvalue weighted by Gasteiger charge is 2.17. The molecule has 2 heterocycles. The molecule has 2 aromatic carbocycles. The number of hydrogen-bond donors (Lipinski definition) is 2. The lowest BCUT2D eigenvalue weighted by Gasteiger charge is -2.23. The fourth-order valence-corrected chi connectivity index (χ4v) is 4.18. The first kappa shape index (κ1) is 25.4. The first-order chi connectivity index (χ1) is 17.7. The van der Waals surface area contributed by atoms with E-state index in [1.54, 1.807) is 11.0 Å². The van der Waals surface area contributed by atoms with Crippen LogP contribution in [0.4, 0.5) is 0 Å². The van der Waals surface area contributed by atoms with Gasteiger partial charge in [0.1, 0.15) is 18.4 Å². The van der Waals surface area contributed by atoms with E-state index >= 15 is 0 Å². The number of aryl methyl sites for hydroxylation is 1. The Bertz CT molecular complexity index is 1100. The highest BCUT2D eigenvalue weighted by atomic mass is 16.5. The van der Waals surface area contributed by atoms with Gasteiger partial charge >= 0.3 is 0 Å². The molecule has 0 aliphatic carbocycles. The quantitative estimate of drug-likeness (QED) is 0.494. The first-order valence-corrected chi connectivity index (χ1v) is 12.6. The van der Waals surface area contributed by atoms with E-state index in [0.717, 1.165) is 36.8 Å². The number of amides is 2. The summed E-state index contributed by atoms with van der Waals surface area (Å²) in [5.41, 5.74) is 2.66. The number of fused-ring (bicyclic) bond motifs is 1. The standard InChI is InChI=1S/C27H34N6O3/c34-26-19-32(17-22-8-3-1-4-9-22)18-24-11-10-23(16-25(24)36-15-6-2-5-12-29-26)27(35)30-13-7-14-33-21-28-20-31-33/h1,3-4,8-11,16,20-21H,2,5-7,12-15,17-19H2,(H,29,34)(H,30,35). The van der Waals surface area contributed by atoms with Gasteiger partial charge < -0.3 is 15.4 Å². The number of carbonyl (C=O) groups excluding carboxylic acids is 2. The van der Waals surface area contributed by atoms with Gasteiger partial charge in [0.15, 0.2) is 0 Å². The fraction of sp³-hybridized carbons (Fsp3) is 0.407. The molecule has 0 bridgehead atoms. The van der Waals surface area contributed by atoms with Crippen LogP contribution in [-0.4, -0.2) is 57.7 Å². The minimum atomic E-state index is -0.136. The van der Waals surface area contributed by atoms with Gasteiger partial charge in [-0.3, -0.25) is 19.2 Å². The van der Waals surface area contributed by atoms with E-state index in [-0.39, 0.29) is 11.8 Å². The maximum Gasteiger partial charge on any atom is 0.251 e. The van der Waals surface area contributed by atoms with Gasteiger partial charge in [-0.2, -0.15) is 5.10 Å². The molecule has 0 saturated carbocycles. The molecule has 36 heavy (non-hydrogen) atoms. The molecule has 1 aliphatic rings. The molecule has 1 aromatic heterocycles. The lowest BCUT2D eigenvalue weighted by molar-refractivity contribution is -0.122. The van der Waals surface area contributed by atoms with Crippen LogP contribution in [0.15, 0.2) is 61.2 Å². The van der Waals surface area contributed by atoms with Crippen LogP contribution in [0.25, 0.3) is 0 Å². The number of carbonyl (C=O) groups is 2. The van der Waals surface area contributed by atoms with Crippen molar-refractivity contribution in [3.8, 4) is 5.75 Å². The third-order valence-corrected chi connectivity index (χ3v) is 6.06. The van der Waals surface area contributed by atoms with Crippen molar-refractivity contribution in [2.24, 2.45) is 0 Å². The highest BCUT2D eigenvalue weighted by Crippen LogP contribution is 2.24. The topological polar surface area (TPSA) is 101 Å². The van der Waals surface area contributed by atoms with Gasteiger partial charge in [-0.1, -0.05) is 36.4 Å². The summed E-state index contributed by atoms with van der Waals surface area (Å²) in [7, 11) is 0. The molecule has 0 fully saturated rings. The second-order valence-corrected chi connectivity index (χ2v) is 8.98. The fourth-order valence-electron chi connectivity index (χ4n) is 4.18. The molecule has 0 atom stereocenters. The predicted octanol–water partition coefficient (Wildman–Crippen LogP) is 2.78. The van der Waals surface area contributed by atoms with Crippen LogP contribution in [0, 0.1) is 0 Å². The van der Waals surface area contributed by atoms with Gasteiger partial charge in [-0.15, -0.1) is 0 Å². The smallest absolute Gasteiger partial charge is 0.251 e. The second kappa shape index (κ2) is 13.4. The molecule has 2 amide bonds. The summed E-state index contributed by atoms with van der Waals surface area (Å²) in [5.74, 6) is 0.584. The monoisotopic (exact) mass is 490 g/mol. The Morgan fingerprint density at radius 1 is 1.08 bits per heavy atom. The van der Waals surface area contributed by atoms with Crippen LogP contribution >= 0.6 is 0 Å². The molecule has 4 rings (SSSR count). The van der Waals surface area contributed by atoms with Crippen LogP contribution in [0.3, 0.4) is 0 Å². The number of hydrogen-bond acceptors (Lipinski definition) is 6. The molecule has 0 unspecified atom stereocenters. The highest BCUT2D eigenvalue weighted by molar-refractivity contribution is 5.94. The molecule has 9 nitrogen and oxygen atoms in total. The third kappa shape index (κ3) is 7.91. The summed E-state index contributed by atoms with van der Waals surface area (Å²) in [6.45, 7) is 3.95. The van der Waals surface area contributed by atoms with Crippen molar-refractivity contribution in [2.45, 2.75) is 45.3 Å². The van der Waals surface area contributed by atoms with Gasteiger partial charge in [0.05, 0.1) is 13.2 Å². The lowest BCUT2D eigenvalue weighted by atomic mass is 10.1. The Labute approximate surface area is 211 Å². The molecule has 0 radical (unpaired) electrons. The van der Waals surface area contributed by atoms with E-state index < -0.39 is 0 Å². The zero-order valence-electron chi connectivity index (χ0n) is 20.6. The van der Waals surface area contributed by atoms with Crippen LogP contribution < -0.4 is 15.4 Å². The summed E-state index contributed by atoms with van der Waals surface area (Å²) < 4.78 is 7.90. The number of rotatable bonds is 7. The zero-order chi connectivity index (χ0) is 25.0. The largest absolute Gasteiger partial charge is 0.493 e. The summed E-state index contributed by atoms with van der Waals surface area (Å²) in [4.78, 5) is 31.4. The Morgan fingerprint density at radius 3 is 2.81 bits per heavy atom. The van der Waals surface area contributed by atoms with Gasteiger partial charge in [-0.05, 0) is 43.4 Å². The first-order valence-electron chi connectivity index (χ1n) is 12.6.